The average molecular weight is 408 g/mol. The number of rotatable bonds is 2. The minimum Gasteiger partial charge on any atom is -0.236 e. The Balaban J connectivity index is 2.28. The van der Waals surface area contributed by atoms with Crippen LogP contribution in [0.25, 0.3) is 16.9 Å². The molecule has 0 saturated carbocycles. The Labute approximate surface area is 130 Å². The van der Waals surface area contributed by atoms with Crippen LogP contribution in [0.3, 0.4) is 0 Å². The average Bonchev–Trinajstić information content (AvgIpc) is 2.73. The van der Waals surface area contributed by atoms with Crippen LogP contribution in [0.15, 0.2) is 24.7 Å². The summed E-state index contributed by atoms with van der Waals surface area (Å²) < 4.78 is 27.5. The summed E-state index contributed by atoms with van der Waals surface area (Å²) in [6, 6.07) is 2.77. The summed E-state index contributed by atoms with van der Waals surface area (Å²) in [5.41, 5.74) is 1.04. The van der Waals surface area contributed by atoms with Crippen molar-refractivity contribution in [2.75, 3.05) is 0 Å². The van der Waals surface area contributed by atoms with Gasteiger partial charge in [-0.2, -0.15) is 5.10 Å². The van der Waals surface area contributed by atoms with Crippen LogP contribution in [0.1, 0.15) is 12.1 Å². The zero-order valence-electron chi connectivity index (χ0n) is 9.63. The summed E-state index contributed by atoms with van der Waals surface area (Å²) in [5.74, 6) is 0. The lowest BCUT2D eigenvalue weighted by Gasteiger charge is -2.01. The normalized spacial score (nSPS) is 11.4. The Hall–Kier alpha value is -1.42. The van der Waals surface area contributed by atoms with Crippen LogP contribution in [-0.4, -0.2) is 24.6 Å². The number of alkyl halides is 2. The molecule has 0 aliphatic carbocycles. The van der Waals surface area contributed by atoms with Crippen LogP contribution >= 0.6 is 34.2 Å². The molecule has 0 saturated heterocycles. The topological polar surface area (TPSA) is 56.0 Å². The number of aromatic nitrogens is 5. The van der Waals surface area contributed by atoms with E-state index in [0.29, 0.717) is 20.6 Å². The van der Waals surface area contributed by atoms with Gasteiger partial charge in [0.2, 0.25) is 0 Å². The van der Waals surface area contributed by atoms with Gasteiger partial charge in [0, 0.05) is 12.3 Å². The first kappa shape index (κ1) is 13.6. The monoisotopic (exact) mass is 407 g/mol. The van der Waals surface area contributed by atoms with Gasteiger partial charge in [0.05, 0.1) is 11.3 Å². The van der Waals surface area contributed by atoms with E-state index in [-0.39, 0.29) is 10.8 Å². The maximum Gasteiger partial charge on any atom is 0.280 e. The molecule has 0 aliphatic heterocycles. The predicted molar refractivity (Wildman–Crippen MR) is 76.7 cm³/mol. The zero-order valence-corrected chi connectivity index (χ0v) is 12.5. The van der Waals surface area contributed by atoms with Gasteiger partial charge in [0.25, 0.3) is 6.43 Å². The molecule has 3 aromatic rings. The predicted octanol–water partition coefficient (Wildman–Crippen LogP) is 3.38. The molecule has 3 rings (SSSR count). The first-order valence-electron chi connectivity index (χ1n) is 5.37. The minimum absolute atomic E-state index is 0.259. The van der Waals surface area contributed by atoms with Crippen molar-refractivity contribution in [3.05, 3.63) is 39.2 Å². The molecule has 0 bridgehead atoms. The molecule has 0 amide bonds. The molecule has 3 heterocycles. The first-order chi connectivity index (χ1) is 9.56. The second-order valence-corrected chi connectivity index (χ2v) is 5.22. The number of hydrogen-bond donors (Lipinski definition) is 0. The highest BCUT2D eigenvalue weighted by atomic mass is 127. The molecular weight excluding hydrogens is 403 g/mol. The molecule has 9 heteroatoms. The lowest BCUT2D eigenvalue weighted by atomic mass is 10.2. The van der Waals surface area contributed by atoms with Crippen molar-refractivity contribution in [2.24, 2.45) is 0 Å². The van der Waals surface area contributed by atoms with Gasteiger partial charge in [-0.05, 0) is 28.7 Å². The van der Waals surface area contributed by atoms with Gasteiger partial charge in [-0.25, -0.2) is 28.2 Å². The van der Waals surface area contributed by atoms with Gasteiger partial charge in [-0.15, -0.1) is 0 Å². The number of halogens is 4. The summed E-state index contributed by atoms with van der Waals surface area (Å²) >= 11 is 7.82. The van der Waals surface area contributed by atoms with Gasteiger partial charge >= 0.3 is 0 Å². The van der Waals surface area contributed by atoms with E-state index in [4.69, 9.17) is 11.6 Å². The summed E-state index contributed by atoms with van der Waals surface area (Å²) in [4.78, 5) is 11.8. The van der Waals surface area contributed by atoms with Crippen LogP contribution < -0.4 is 0 Å². The molecule has 0 spiro atoms. The Kier molecular flexibility index (Phi) is 3.50. The quantitative estimate of drug-likeness (QED) is 0.483. The SMILES string of the molecule is FC(F)c1ccn2nc(I)c(-c3cc(Cl)ncn3)c2n1. The third kappa shape index (κ3) is 2.33. The third-order valence-corrected chi connectivity index (χ3v) is 3.54. The Morgan fingerprint density at radius 1 is 1.30 bits per heavy atom. The van der Waals surface area contributed by atoms with Crippen molar-refractivity contribution in [3.63, 3.8) is 0 Å². The standard InChI is InChI=1S/C11H5ClF2IN5/c12-7-3-6(16-4-17-7)8-10(15)19-20-2-1-5(9(13)14)18-11(8)20/h1-4,9H. The van der Waals surface area contributed by atoms with Crippen LogP contribution in [0.5, 0.6) is 0 Å². The Morgan fingerprint density at radius 2 is 2.10 bits per heavy atom. The van der Waals surface area contributed by atoms with Crippen molar-refractivity contribution in [3.8, 4) is 11.3 Å². The Morgan fingerprint density at radius 3 is 2.80 bits per heavy atom. The summed E-state index contributed by atoms with van der Waals surface area (Å²) in [6.07, 6.45) is 0.0985. The summed E-state index contributed by atoms with van der Waals surface area (Å²) in [7, 11) is 0. The van der Waals surface area contributed by atoms with E-state index in [2.05, 4.69) is 20.1 Å². The van der Waals surface area contributed by atoms with Crippen molar-refractivity contribution < 1.29 is 8.78 Å². The van der Waals surface area contributed by atoms with Crippen LogP contribution in [-0.2, 0) is 0 Å². The third-order valence-electron chi connectivity index (χ3n) is 2.58. The fourth-order valence-electron chi connectivity index (χ4n) is 1.73. The molecule has 0 atom stereocenters. The van der Waals surface area contributed by atoms with Crippen LogP contribution in [0, 0.1) is 3.70 Å². The van der Waals surface area contributed by atoms with E-state index < -0.39 is 6.43 Å². The molecule has 0 aliphatic rings. The van der Waals surface area contributed by atoms with Crippen molar-refractivity contribution in [2.45, 2.75) is 6.43 Å². The van der Waals surface area contributed by atoms with Gasteiger partial charge in [-0.1, -0.05) is 11.6 Å². The second-order valence-electron chi connectivity index (χ2n) is 3.81. The van der Waals surface area contributed by atoms with E-state index in [9.17, 15) is 8.78 Å². The van der Waals surface area contributed by atoms with E-state index >= 15 is 0 Å². The molecule has 5 nitrogen and oxygen atoms in total. The molecule has 0 aromatic carbocycles. The first-order valence-corrected chi connectivity index (χ1v) is 6.83. The highest BCUT2D eigenvalue weighted by Gasteiger charge is 2.18. The van der Waals surface area contributed by atoms with Crippen LogP contribution in [0.4, 0.5) is 8.78 Å². The highest BCUT2D eigenvalue weighted by Crippen LogP contribution is 2.29. The van der Waals surface area contributed by atoms with Gasteiger partial charge in [-0.3, -0.25) is 0 Å². The van der Waals surface area contributed by atoms with Crippen molar-refractivity contribution in [1.29, 1.82) is 0 Å². The van der Waals surface area contributed by atoms with Gasteiger partial charge in [0.15, 0.2) is 5.65 Å². The van der Waals surface area contributed by atoms with E-state index in [0.717, 1.165) is 0 Å². The summed E-state index contributed by atoms with van der Waals surface area (Å²) in [5, 5.41) is 4.47. The van der Waals surface area contributed by atoms with E-state index in [1.165, 1.54) is 29.2 Å². The number of hydrogen-bond acceptors (Lipinski definition) is 4. The fraction of sp³-hybridized carbons (Fsp3) is 0.0909. The fourth-order valence-corrected chi connectivity index (χ4v) is 2.63. The second kappa shape index (κ2) is 5.17. The largest absolute Gasteiger partial charge is 0.280 e. The molecule has 0 fully saturated rings. The zero-order chi connectivity index (χ0) is 14.3. The minimum atomic E-state index is -2.64. The molecule has 102 valence electrons. The van der Waals surface area contributed by atoms with Crippen LogP contribution in [0.2, 0.25) is 5.15 Å². The maximum atomic E-state index is 12.8. The van der Waals surface area contributed by atoms with Crippen molar-refractivity contribution >= 4 is 39.8 Å². The lowest BCUT2D eigenvalue weighted by Crippen LogP contribution is -1.96. The molecule has 3 aromatic heterocycles. The molecular formula is C11H5ClF2IN5. The van der Waals surface area contributed by atoms with Gasteiger partial charge < -0.3 is 0 Å². The highest BCUT2D eigenvalue weighted by molar-refractivity contribution is 14.1. The molecule has 0 N–H and O–H groups in total. The smallest absolute Gasteiger partial charge is 0.236 e. The molecule has 0 radical (unpaired) electrons. The molecule has 0 unspecified atom stereocenters. The van der Waals surface area contributed by atoms with Gasteiger partial charge in [0.1, 0.15) is 20.9 Å². The van der Waals surface area contributed by atoms with E-state index in [1.807, 2.05) is 22.6 Å². The lowest BCUT2D eigenvalue weighted by molar-refractivity contribution is 0.146. The van der Waals surface area contributed by atoms with E-state index in [1.54, 1.807) is 0 Å². The summed E-state index contributed by atoms with van der Waals surface area (Å²) in [6.45, 7) is 0. The maximum absolute atomic E-state index is 12.8. The molecule has 20 heavy (non-hydrogen) atoms. The number of nitrogens with zero attached hydrogens (tertiary/aromatic N) is 5. The number of fused-ring (bicyclic) bond motifs is 1. The van der Waals surface area contributed by atoms with Crippen molar-refractivity contribution in [1.82, 2.24) is 24.6 Å². The Bertz CT molecular complexity index is 792.